The van der Waals surface area contributed by atoms with Gasteiger partial charge in [-0.25, -0.2) is 5.48 Å². The van der Waals surface area contributed by atoms with Crippen molar-refractivity contribution < 1.29 is 10.0 Å². The Morgan fingerprint density at radius 2 is 1.97 bits per heavy atom. The Hall–Kier alpha value is -2.89. The predicted octanol–water partition coefficient (Wildman–Crippen LogP) is 4.31. The highest BCUT2D eigenvalue weighted by atomic mass is 16.5. The van der Waals surface area contributed by atoms with Crippen molar-refractivity contribution in [2.24, 2.45) is 0 Å². The summed E-state index contributed by atoms with van der Waals surface area (Å²) in [6.45, 7) is 5.33. The number of likely N-dealkylation sites (tertiary alicyclic amines) is 1. The van der Waals surface area contributed by atoms with Crippen LogP contribution in [0.2, 0.25) is 0 Å². The normalized spacial score (nSPS) is 17.4. The Labute approximate surface area is 171 Å². The maximum absolute atomic E-state index is 11.1. The van der Waals surface area contributed by atoms with Gasteiger partial charge in [0.1, 0.15) is 0 Å². The van der Waals surface area contributed by atoms with Gasteiger partial charge in [-0.15, -0.1) is 0 Å². The summed E-state index contributed by atoms with van der Waals surface area (Å²) in [7, 11) is 0. The molecular weight excluding hydrogens is 362 g/mol. The van der Waals surface area contributed by atoms with Crippen LogP contribution in [0.3, 0.4) is 0 Å². The van der Waals surface area contributed by atoms with Crippen molar-refractivity contribution in [1.82, 2.24) is 14.9 Å². The number of fused-ring (bicyclic) bond motifs is 1. The van der Waals surface area contributed by atoms with E-state index in [0.29, 0.717) is 6.04 Å². The molecule has 0 spiro atoms. The topological polar surface area (TPSA) is 57.5 Å². The van der Waals surface area contributed by atoms with E-state index in [9.17, 15) is 4.79 Å². The molecule has 2 heterocycles. The van der Waals surface area contributed by atoms with Gasteiger partial charge in [-0.1, -0.05) is 42.5 Å². The maximum atomic E-state index is 11.1. The van der Waals surface area contributed by atoms with E-state index in [-0.39, 0.29) is 0 Å². The highest BCUT2D eigenvalue weighted by Gasteiger charge is 2.25. The van der Waals surface area contributed by atoms with Crippen LogP contribution in [0.1, 0.15) is 35.7 Å². The van der Waals surface area contributed by atoms with Gasteiger partial charge in [0.05, 0.1) is 0 Å². The van der Waals surface area contributed by atoms with E-state index in [0.717, 1.165) is 25.2 Å². The van der Waals surface area contributed by atoms with E-state index in [1.807, 2.05) is 12.1 Å². The smallest absolute Gasteiger partial charge is 0.267 e. The number of carbonyl (C=O) groups is 1. The van der Waals surface area contributed by atoms with Gasteiger partial charge in [-0.3, -0.25) is 14.9 Å². The molecule has 2 aromatic carbocycles. The van der Waals surface area contributed by atoms with Crippen molar-refractivity contribution in [3.05, 3.63) is 77.5 Å². The largest absolute Gasteiger partial charge is 0.344 e. The SMILES string of the molecule is Cc1cc2ccccc2n1CCN1CCCC1c1ccc(/C=C/C(=O)NO)cc1. The summed E-state index contributed by atoms with van der Waals surface area (Å²) in [6.07, 6.45) is 5.41. The molecular formula is C24H27N3O2. The van der Waals surface area contributed by atoms with Crippen LogP contribution >= 0.6 is 0 Å². The number of hydroxylamine groups is 1. The molecule has 1 atom stereocenters. The van der Waals surface area contributed by atoms with Gasteiger partial charge < -0.3 is 4.57 Å². The van der Waals surface area contributed by atoms with Crippen molar-refractivity contribution >= 4 is 22.9 Å². The van der Waals surface area contributed by atoms with Gasteiger partial charge in [0, 0.05) is 36.4 Å². The lowest BCUT2D eigenvalue weighted by Crippen LogP contribution is -2.27. The Morgan fingerprint density at radius 3 is 2.76 bits per heavy atom. The average molecular weight is 389 g/mol. The standard InChI is InChI=1S/C24H27N3O2/c1-18-17-21-5-2-3-6-23(21)27(18)16-15-26-14-4-7-22(26)20-11-8-19(9-12-20)10-13-24(28)25-29/h2-3,5-6,8-13,17,22,29H,4,7,14-16H2,1H3,(H,25,28)/b13-10+. The lowest BCUT2D eigenvalue weighted by Gasteiger charge is -2.25. The Bertz CT molecular complexity index is 1020. The van der Waals surface area contributed by atoms with E-state index >= 15 is 0 Å². The van der Waals surface area contributed by atoms with Gasteiger partial charge in [0.25, 0.3) is 5.91 Å². The fourth-order valence-corrected chi connectivity index (χ4v) is 4.38. The van der Waals surface area contributed by atoms with Crippen molar-refractivity contribution in [2.75, 3.05) is 13.1 Å². The fourth-order valence-electron chi connectivity index (χ4n) is 4.38. The van der Waals surface area contributed by atoms with Crippen LogP contribution in [0, 0.1) is 6.92 Å². The highest BCUT2D eigenvalue weighted by Crippen LogP contribution is 2.32. The first-order valence-electron chi connectivity index (χ1n) is 10.2. The number of hydrogen-bond donors (Lipinski definition) is 2. The van der Waals surface area contributed by atoms with E-state index < -0.39 is 5.91 Å². The summed E-state index contributed by atoms with van der Waals surface area (Å²) in [5.41, 5.74) is 6.48. The van der Waals surface area contributed by atoms with Crippen LogP contribution in [0.4, 0.5) is 0 Å². The molecule has 1 aliphatic heterocycles. The molecule has 1 unspecified atom stereocenters. The minimum Gasteiger partial charge on any atom is -0.344 e. The molecule has 0 saturated carbocycles. The van der Waals surface area contributed by atoms with E-state index in [2.05, 4.69) is 58.9 Å². The third-order valence-corrected chi connectivity index (χ3v) is 5.85. The number of nitrogens with zero attached hydrogens (tertiary/aromatic N) is 2. The summed E-state index contributed by atoms with van der Waals surface area (Å²) >= 11 is 0. The second kappa shape index (κ2) is 8.64. The summed E-state index contributed by atoms with van der Waals surface area (Å²) in [4.78, 5) is 13.7. The lowest BCUT2D eigenvalue weighted by molar-refractivity contribution is -0.124. The molecule has 3 aromatic rings. The second-order valence-electron chi connectivity index (χ2n) is 7.67. The molecule has 1 aliphatic rings. The number of benzene rings is 2. The zero-order chi connectivity index (χ0) is 20.2. The number of para-hydroxylation sites is 1. The van der Waals surface area contributed by atoms with Crippen molar-refractivity contribution in [3.63, 3.8) is 0 Å². The quantitative estimate of drug-likeness (QED) is 0.375. The number of nitrogens with one attached hydrogen (secondary N) is 1. The van der Waals surface area contributed by atoms with Crippen LogP contribution in [-0.4, -0.2) is 33.7 Å². The number of rotatable bonds is 6. The Balaban J connectivity index is 1.44. The van der Waals surface area contributed by atoms with Crippen LogP contribution in [0.15, 0.2) is 60.7 Å². The number of hydrogen-bond acceptors (Lipinski definition) is 3. The van der Waals surface area contributed by atoms with Crippen LogP contribution in [0.25, 0.3) is 17.0 Å². The molecule has 5 nitrogen and oxygen atoms in total. The minimum atomic E-state index is -0.524. The van der Waals surface area contributed by atoms with Crippen LogP contribution in [-0.2, 0) is 11.3 Å². The number of aryl methyl sites for hydroxylation is 1. The molecule has 150 valence electrons. The average Bonchev–Trinajstić information content (AvgIpc) is 3.34. The second-order valence-corrected chi connectivity index (χ2v) is 7.67. The third kappa shape index (κ3) is 4.26. The zero-order valence-electron chi connectivity index (χ0n) is 16.7. The number of amides is 1. The Morgan fingerprint density at radius 1 is 1.17 bits per heavy atom. The monoisotopic (exact) mass is 389 g/mol. The van der Waals surface area contributed by atoms with Crippen molar-refractivity contribution in [3.8, 4) is 0 Å². The van der Waals surface area contributed by atoms with Gasteiger partial charge in [0.15, 0.2) is 0 Å². The molecule has 1 saturated heterocycles. The first kappa shape index (κ1) is 19.4. The first-order chi connectivity index (χ1) is 14.2. The van der Waals surface area contributed by atoms with Crippen molar-refractivity contribution in [1.29, 1.82) is 0 Å². The minimum absolute atomic E-state index is 0.441. The summed E-state index contributed by atoms with van der Waals surface area (Å²) in [6, 6.07) is 19.6. The third-order valence-electron chi connectivity index (χ3n) is 5.85. The zero-order valence-corrected chi connectivity index (χ0v) is 16.7. The Kier molecular flexibility index (Phi) is 5.79. The van der Waals surface area contributed by atoms with Gasteiger partial charge in [-0.05, 0) is 61.0 Å². The van der Waals surface area contributed by atoms with E-state index in [1.165, 1.54) is 41.1 Å². The summed E-state index contributed by atoms with van der Waals surface area (Å²) in [5, 5.41) is 9.87. The van der Waals surface area contributed by atoms with E-state index in [4.69, 9.17) is 5.21 Å². The lowest BCUT2D eigenvalue weighted by atomic mass is 10.0. The van der Waals surface area contributed by atoms with Crippen LogP contribution < -0.4 is 5.48 Å². The van der Waals surface area contributed by atoms with Crippen LogP contribution in [0.5, 0.6) is 0 Å². The number of carbonyl (C=O) groups excluding carboxylic acids is 1. The molecule has 0 bridgehead atoms. The van der Waals surface area contributed by atoms with E-state index in [1.54, 1.807) is 11.6 Å². The maximum Gasteiger partial charge on any atom is 0.267 e. The van der Waals surface area contributed by atoms with Gasteiger partial charge >= 0.3 is 0 Å². The molecule has 4 rings (SSSR count). The molecule has 2 N–H and O–H groups in total. The van der Waals surface area contributed by atoms with Crippen molar-refractivity contribution in [2.45, 2.75) is 32.4 Å². The molecule has 1 aromatic heterocycles. The predicted molar refractivity (Wildman–Crippen MR) is 116 cm³/mol. The van der Waals surface area contributed by atoms with Gasteiger partial charge in [0.2, 0.25) is 0 Å². The molecule has 1 amide bonds. The molecule has 5 heteroatoms. The highest BCUT2D eigenvalue weighted by molar-refractivity contribution is 5.90. The fraction of sp³-hybridized carbons (Fsp3) is 0.292. The molecule has 1 fully saturated rings. The first-order valence-corrected chi connectivity index (χ1v) is 10.2. The number of aromatic nitrogens is 1. The molecule has 0 aliphatic carbocycles. The molecule has 0 radical (unpaired) electrons. The van der Waals surface area contributed by atoms with Gasteiger partial charge in [-0.2, -0.15) is 0 Å². The summed E-state index contributed by atoms with van der Waals surface area (Å²) in [5.74, 6) is -0.524. The summed E-state index contributed by atoms with van der Waals surface area (Å²) < 4.78 is 2.42. The molecule has 29 heavy (non-hydrogen) atoms.